The molecule has 2 heterocycles. The van der Waals surface area contributed by atoms with Crippen LogP contribution in [0.1, 0.15) is 32.0 Å². The third-order valence-electron chi connectivity index (χ3n) is 3.16. The number of rotatable bonds is 3. The smallest absolute Gasteiger partial charge is 0.277 e. The van der Waals surface area contributed by atoms with Crippen molar-refractivity contribution in [1.29, 1.82) is 0 Å². The van der Waals surface area contributed by atoms with Gasteiger partial charge in [0, 0.05) is 13.1 Å². The largest absolute Gasteiger partial charge is 0.297 e. The number of hydrogen-bond donors (Lipinski definition) is 1. The molecule has 6 nitrogen and oxygen atoms in total. The summed E-state index contributed by atoms with van der Waals surface area (Å²) in [6.07, 6.45) is 0.908. The van der Waals surface area contributed by atoms with Crippen LogP contribution in [0.4, 0.5) is 0 Å². The highest BCUT2D eigenvalue weighted by molar-refractivity contribution is 7.71. The quantitative estimate of drug-likeness (QED) is 0.872. The number of aryl methyl sites for hydroxylation is 2. The Labute approximate surface area is 116 Å². The van der Waals surface area contributed by atoms with Crippen LogP contribution in [0.2, 0.25) is 0 Å². The van der Waals surface area contributed by atoms with Crippen molar-refractivity contribution in [3.63, 3.8) is 0 Å². The summed E-state index contributed by atoms with van der Waals surface area (Å²) in [6, 6.07) is 1.92. The van der Waals surface area contributed by atoms with Gasteiger partial charge in [-0.15, -0.1) is 0 Å². The van der Waals surface area contributed by atoms with Gasteiger partial charge in [-0.2, -0.15) is 10.2 Å². The average molecular weight is 279 g/mol. The van der Waals surface area contributed by atoms with Gasteiger partial charge in [-0.3, -0.25) is 14.5 Å². The van der Waals surface area contributed by atoms with Crippen molar-refractivity contribution in [3.8, 4) is 11.4 Å². The molecule has 7 heteroatoms. The van der Waals surface area contributed by atoms with Gasteiger partial charge in [0.15, 0.2) is 10.6 Å². The first kappa shape index (κ1) is 13.7. The van der Waals surface area contributed by atoms with E-state index in [1.54, 1.807) is 13.1 Å². The molecule has 2 aromatic heterocycles. The monoisotopic (exact) mass is 279 g/mol. The van der Waals surface area contributed by atoms with Gasteiger partial charge in [-0.25, -0.2) is 4.68 Å². The second-order valence-electron chi connectivity index (χ2n) is 4.61. The van der Waals surface area contributed by atoms with Crippen molar-refractivity contribution in [1.82, 2.24) is 24.5 Å². The summed E-state index contributed by atoms with van der Waals surface area (Å²) in [6.45, 7) is 5.96. The van der Waals surface area contributed by atoms with E-state index < -0.39 is 0 Å². The van der Waals surface area contributed by atoms with E-state index in [0.29, 0.717) is 16.2 Å². The molecule has 1 atom stereocenters. The van der Waals surface area contributed by atoms with Crippen molar-refractivity contribution in [3.05, 3.63) is 26.9 Å². The van der Waals surface area contributed by atoms with Gasteiger partial charge in [-0.1, -0.05) is 6.92 Å². The molecule has 0 fully saturated rings. The van der Waals surface area contributed by atoms with Crippen LogP contribution in [0.5, 0.6) is 0 Å². The molecule has 2 rings (SSSR count). The van der Waals surface area contributed by atoms with Crippen LogP contribution in [0.15, 0.2) is 10.9 Å². The molecule has 0 aliphatic heterocycles. The first-order valence-electron chi connectivity index (χ1n) is 6.18. The van der Waals surface area contributed by atoms with Gasteiger partial charge in [0.05, 0.1) is 11.3 Å². The zero-order chi connectivity index (χ0) is 14.2. The van der Waals surface area contributed by atoms with Gasteiger partial charge in [0.2, 0.25) is 0 Å². The fourth-order valence-corrected chi connectivity index (χ4v) is 2.31. The Bertz CT molecular complexity index is 712. The lowest BCUT2D eigenvalue weighted by molar-refractivity contribution is 0.527. The van der Waals surface area contributed by atoms with Crippen LogP contribution in [0.3, 0.4) is 0 Å². The van der Waals surface area contributed by atoms with Crippen molar-refractivity contribution in [2.75, 3.05) is 0 Å². The Morgan fingerprint density at radius 2 is 2.21 bits per heavy atom. The Hall–Kier alpha value is -1.76. The fraction of sp³-hybridized carbons (Fsp3) is 0.500. The fourth-order valence-electron chi connectivity index (χ4n) is 2.00. The molecule has 2 aromatic rings. The van der Waals surface area contributed by atoms with E-state index in [1.807, 2.05) is 18.4 Å². The molecule has 0 saturated carbocycles. The van der Waals surface area contributed by atoms with Gasteiger partial charge >= 0.3 is 0 Å². The van der Waals surface area contributed by atoms with E-state index in [1.165, 1.54) is 4.68 Å². The molecule has 0 aliphatic carbocycles. The topological polar surface area (TPSA) is 68.5 Å². The van der Waals surface area contributed by atoms with Crippen LogP contribution < -0.4 is 5.56 Å². The van der Waals surface area contributed by atoms with E-state index in [4.69, 9.17) is 12.2 Å². The molecule has 0 amide bonds. The summed E-state index contributed by atoms with van der Waals surface area (Å²) in [5.41, 5.74) is 1.11. The summed E-state index contributed by atoms with van der Waals surface area (Å²) < 4.78 is 3.73. The summed E-state index contributed by atoms with van der Waals surface area (Å²) >= 11 is 5.24. The molecule has 1 N–H and O–H groups in total. The Balaban J connectivity index is 2.74. The zero-order valence-electron chi connectivity index (χ0n) is 11.5. The Morgan fingerprint density at radius 3 is 2.84 bits per heavy atom. The molecule has 19 heavy (non-hydrogen) atoms. The molecule has 0 spiro atoms. The maximum atomic E-state index is 12.2. The number of aromatic amines is 1. The van der Waals surface area contributed by atoms with Crippen molar-refractivity contribution < 1.29 is 0 Å². The third kappa shape index (κ3) is 2.37. The lowest BCUT2D eigenvalue weighted by Crippen LogP contribution is -2.23. The van der Waals surface area contributed by atoms with Crippen LogP contribution in [-0.2, 0) is 7.05 Å². The van der Waals surface area contributed by atoms with Crippen LogP contribution in [0.25, 0.3) is 11.4 Å². The second kappa shape index (κ2) is 5.08. The summed E-state index contributed by atoms with van der Waals surface area (Å²) in [5, 5.41) is 11.1. The number of aromatic nitrogens is 5. The number of H-pyrrole nitrogens is 1. The molecule has 0 saturated heterocycles. The van der Waals surface area contributed by atoms with E-state index in [2.05, 4.69) is 22.2 Å². The molecule has 1 unspecified atom stereocenters. The molecular formula is C12H17N5OS. The van der Waals surface area contributed by atoms with Crippen LogP contribution >= 0.6 is 12.2 Å². The van der Waals surface area contributed by atoms with Crippen molar-refractivity contribution in [2.45, 2.75) is 33.2 Å². The van der Waals surface area contributed by atoms with Crippen LogP contribution in [0, 0.1) is 11.7 Å². The number of nitrogens with one attached hydrogen (secondary N) is 1. The number of hydrogen-bond acceptors (Lipinski definition) is 4. The summed E-state index contributed by atoms with van der Waals surface area (Å²) in [4.78, 5) is 12.2. The highest BCUT2D eigenvalue weighted by Crippen LogP contribution is 2.20. The standard InChI is InChI=1S/C12H17N5OS/c1-5-8(3)17-10(13-14-12(17)19)9-6-7(2)15-16(4)11(9)18/h6,8H,5H2,1-4H3,(H,14,19). The lowest BCUT2D eigenvalue weighted by atomic mass is 10.2. The SMILES string of the molecule is CCC(C)n1c(-c2cc(C)nn(C)c2=O)n[nH]c1=S. The predicted octanol–water partition coefficient (Wildman–Crippen LogP) is 1.98. The molecule has 0 aliphatic rings. The maximum absolute atomic E-state index is 12.2. The minimum absolute atomic E-state index is 0.177. The van der Waals surface area contributed by atoms with Gasteiger partial charge in [0.25, 0.3) is 5.56 Å². The van der Waals surface area contributed by atoms with Crippen molar-refractivity contribution >= 4 is 12.2 Å². The van der Waals surface area contributed by atoms with Gasteiger partial charge in [0.1, 0.15) is 0 Å². The zero-order valence-corrected chi connectivity index (χ0v) is 12.3. The highest BCUT2D eigenvalue weighted by atomic mass is 32.1. The van der Waals surface area contributed by atoms with E-state index >= 15 is 0 Å². The summed E-state index contributed by atoms with van der Waals surface area (Å²) in [7, 11) is 1.63. The molecule has 102 valence electrons. The minimum Gasteiger partial charge on any atom is -0.297 e. The normalized spacial score (nSPS) is 12.6. The average Bonchev–Trinajstić information content (AvgIpc) is 2.74. The molecule has 0 aromatic carbocycles. The van der Waals surface area contributed by atoms with Gasteiger partial charge < -0.3 is 0 Å². The van der Waals surface area contributed by atoms with Gasteiger partial charge in [-0.05, 0) is 38.6 Å². The lowest BCUT2D eigenvalue weighted by Gasteiger charge is -2.13. The van der Waals surface area contributed by atoms with Crippen LogP contribution in [-0.4, -0.2) is 24.5 Å². The number of nitrogens with zero attached hydrogens (tertiary/aromatic N) is 4. The molecule has 0 bridgehead atoms. The highest BCUT2D eigenvalue weighted by Gasteiger charge is 2.17. The summed E-state index contributed by atoms with van der Waals surface area (Å²) in [5.74, 6) is 0.574. The molecular weight excluding hydrogens is 262 g/mol. The maximum Gasteiger partial charge on any atom is 0.277 e. The minimum atomic E-state index is -0.177. The third-order valence-corrected chi connectivity index (χ3v) is 3.45. The van der Waals surface area contributed by atoms with E-state index in [-0.39, 0.29) is 11.6 Å². The Morgan fingerprint density at radius 1 is 1.53 bits per heavy atom. The van der Waals surface area contributed by atoms with E-state index in [0.717, 1.165) is 12.1 Å². The second-order valence-corrected chi connectivity index (χ2v) is 4.99. The Kier molecular flexibility index (Phi) is 3.66. The first-order chi connectivity index (χ1) is 8.95. The predicted molar refractivity (Wildman–Crippen MR) is 75.6 cm³/mol. The molecule has 0 radical (unpaired) electrons. The van der Waals surface area contributed by atoms with Crippen molar-refractivity contribution in [2.24, 2.45) is 7.05 Å². The van der Waals surface area contributed by atoms with E-state index in [9.17, 15) is 4.79 Å². The first-order valence-corrected chi connectivity index (χ1v) is 6.58.